The Kier molecular flexibility index (Phi) is 10.7. The van der Waals surface area contributed by atoms with E-state index in [1.807, 2.05) is 13.8 Å². The predicted octanol–water partition coefficient (Wildman–Crippen LogP) is 1.97. The summed E-state index contributed by atoms with van der Waals surface area (Å²) in [5.74, 6) is -1.40. The van der Waals surface area contributed by atoms with Crippen molar-refractivity contribution >= 4 is 23.6 Å². The van der Waals surface area contributed by atoms with Crippen LogP contribution in [0.5, 0.6) is 0 Å². The number of nitrogens with zero attached hydrogens (tertiary/aromatic N) is 5. The van der Waals surface area contributed by atoms with Crippen LogP contribution in [0.1, 0.15) is 81.1 Å². The van der Waals surface area contributed by atoms with E-state index in [4.69, 9.17) is 4.42 Å². The molecule has 0 radical (unpaired) electrons. The van der Waals surface area contributed by atoms with Crippen LogP contribution in [-0.2, 0) is 20.9 Å². The van der Waals surface area contributed by atoms with E-state index in [0.29, 0.717) is 50.2 Å². The number of aromatic nitrogens is 5. The molecule has 3 heterocycles. The highest BCUT2D eigenvalue weighted by Crippen LogP contribution is 2.24. The van der Waals surface area contributed by atoms with Gasteiger partial charge in [-0.25, -0.2) is 9.37 Å². The molecule has 4 N–H and O–H groups in total. The maximum absolute atomic E-state index is 13.5. The number of nitrogens with one attached hydrogen (secondary N) is 4. The van der Waals surface area contributed by atoms with Crippen LogP contribution < -0.4 is 21.3 Å². The van der Waals surface area contributed by atoms with Gasteiger partial charge in [-0.2, -0.15) is 4.80 Å². The van der Waals surface area contributed by atoms with Crippen molar-refractivity contribution in [1.82, 2.24) is 46.5 Å². The molecule has 1 aromatic carbocycles. The predicted molar refractivity (Wildman–Crippen MR) is 155 cm³/mol. The minimum Gasteiger partial charge on any atom is -0.443 e. The van der Waals surface area contributed by atoms with E-state index >= 15 is 0 Å². The number of carbonyl (C=O) groups excluding carboxylic acids is 4. The zero-order valence-corrected chi connectivity index (χ0v) is 25.2. The summed E-state index contributed by atoms with van der Waals surface area (Å²) in [5, 5.41) is 23.4. The second-order valence-electron chi connectivity index (χ2n) is 11.1. The number of oxazole rings is 1. The second kappa shape index (κ2) is 14.7. The number of hydrogen-bond donors (Lipinski definition) is 4. The molecule has 4 rings (SSSR count). The van der Waals surface area contributed by atoms with E-state index in [1.54, 1.807) is 26.0 Å². The number of tetrazole rings is 1. The lowest BCUT2D eigenvalue weighted by atomic mass is 10.0. The summed E-state index contributed by atoms with van der Waals surface area (Å²) in [7, 11) is 0. The summed E-state index contributed by atoms with van der Waals surface area (Å²) in [5.41, 5.74) is 0.651. The zero-order chi connectivity index (χ0) is 31.8. The molecule has 4 amide bonds. The average molecular weight is 612 g/mol. The maximum Gasteiger partial charge on any atom is 0.274 e. The fourth-order valence-electron chi connectivity index (χ4n) is 4.67. The van der Waals surface area contributed by atoms with Crippen LogP contribution in [0.4, 0.5) is 4.39 Å². The third kappa shape index (κ3) is 8.45. The van der Waals surface area contributed by atoms with Gasteiger partial charge in [-0.05, 0) is 74.9 Å². The Labute approximate surface area is 253 Å². The van der Waals surface area contributed by atoms with Gasteiger partial charge in [-0.15, -0.1) is 10.2 Å². The first-order chi connectivity index (χ1) is 21.0. The van der Waals surface area contributed by atoms with Crippen molar-refractivity contribution in [2.75, 3.05) is 6.54 Å². The number of carbonyl (C=O) groups is 4. The Morgan fingerprint density at radius 3 is 2.61 bits per heavy atom. The van der Waals surface area contributed by atoms with Gasteiger partial charge < -0.3 is 25.7 Å². The Morgan fingerprint density at radius 2 is 1.89 bits per heavy atom. The number of benzene rings is 1. The van der Waals surface area contributed by atoms with Crippen LogP contribution >= 0.6 is 0 Å². The van der Waals surface area contributed by atoms with Crippen molar-refractivity contribution in [1.29, 1.82) is 0 Å². The molecule has 236 valence electrons. The maximum atomic E-state index is 13.5. The van der Waals surface area contributed by atoms with Gasteiger partial charge in [0.1, 0.15) is 29.7 Å². The highest BCUT2D eigenvalue weighted by Gasteiger charge is 2.31. The number of aryl methyl sites for hydroxylation is 2. The molecule has 0 spiro atoms. The zero-order valence-electron chi connectivity index (χ0n) is 25.2. The fourth-order valence-corrected chi connectivity index (χ4v) is 4.67. The molecule has 0 saturated heterocycles. The summed E-state index contributed by atoms with van der Waals surface area (Å²) < 4.78 is 19.0. The molecule has 0 unspecified atom stereocenters. The fraction of sp³-hybridized carbons (Fsp3) is 0.517. The molecular formula is C29H38FN9O5. The lowest BCUT2D eigenvalue weighted by Gasteiger charge is -2.24. The highest BCUT2D eigenvalue weighted by molar-refractivity contribution is 5.96. The Balaban J connectivity index is 1.41. The van der Waals surface area contributed by atoms with E-state index in [-0.39, 0.29) is 47.3 Å². The van der Waals surface area contributed by atoms with Crippen LogP contribution in [-0.4, -0.2) is 67.4 Å². The van der Waals surface area contributed by atoms with Crippen molar-refractivity contribution in [3.8, 4) is 11.4 Å². The van der Waals surface area contributed by atoms with Crippen molar-refractivity contribution in [3.63, 3.8) is 0 Å². The smallest absolute Gasteiger partial charge is 0.274 e. The van der Waals surface area contributed by atoms with Crippen LogP contribution in [0.2, 0.25) is 0 Å². The summed E-state index contributed by atoms with van der Waals surface area (Å²) in [6.45, 7) is 7.58. The molecule has 1 aliphatic heterocycles. The minimum atomic E-state index is -0.848. The Hall–Kier alpha value is -4.69. The van der Waals surface area contributed by atoms with Gasteiger partial charge in [-0.1, -0.05) is 13.8 Å². The standard InChI is InChI=1S/C29H38FN9O5/c1-16(2)23-29-35-24(18(4)44-29)28(43)32-17(3)26(41)31-14-6-5-8-21(27(42)34-23)33-22(40)9-7-15-39-37-25(36-38-39)19-10-12-20(30)13-11-19/h10-13,16-17,21,23H,5-9,14-15H2,1-4H3,(H,31,41)(H,32,43)(H,33,40)(H,34,42)/t17-,21+,23+/m1/s1. The number of halogens is 1. The van der Waals surface area contributed by atoms with Crippen molar-refractivity contribution < 1.29 is 28.0 Å². The van der Waals surface area contributed by atoms with Gasteiger partial charge in [0.2, 0.25) is 29.4 Å². The lowest BCUT2D eigenvalue weighted by molar-refractivity contribution is -0.130. The van der Waals surface area contributed by atoms with Crippen molar-refractivity contribution in [2.45, 2.75) is 84.5 Å². The highest BCUT2D eigenvalue weighted by atomic mass is 19.1. The SMILES string of the molecule is Cc1oc2nc1C(=O)N[C@H](C)C(=O)NCCCC[C@H](NC(=O)CCCn1nnc(-c3ccc(F)cc3)n1)C(=O)N[C@H]2C(C)C. The monoisotopic (exact) mass is 611 g/mol. The van der Waals surface area contributed by atoms with E-state index < -0.39 is 29.9 Å². The van der Waals surface area contributed by atoms with Gasteiger partial charge in [0.25, 0.3) is 5.91 Å². The van der Waals surface area contributed by atoms with Gasteiger partial charge in [0, 0.05) is 18.5 Å². The summed E-state index contributed by atoms with van der Waals surface area (Å²) in [4.78, 5) is 57.4. The number of hydrogen-bond acceptors (Lipinski definition) is 9. The molecule has 2 bridgehead atoms. The quantitative estimate of drug-likeness (QED) is 0.310. The molecule has 0 fully saturated rings. The molecule has 3 atom stereocenters. The molecular weight excluding hydrogens is 573 g/mol. The average Bonchev–Trinajstić information content (AvgIpc) is 3.61. The van der Waals surface area contributed by atoms with Crippen molar-refractivity contribution in [2.24, 2.45) is 5.92 Å². The van der Waals surface area contributed by atoms with Crippen molar-refractivity contribution in [3.05, 3.63) is 47.4 Å². The third-order valence-electron chi connectivity index (χ3n) is 7.19. The van der Waals surface area contributed by atoms with Crippen LogP contribution in [0, 0.1) is 18.7 Å². The Bertz CT molecular complexity index is 1470. The first-order valence-electron chi connectivity index (χ1n) is 14.7. The molecule has 44 heavy (non-hydrogen) atoms. The van der Waals surface area contributed by atoms with E-state index in [2.05, 4.69) is 41.7 Å². The van der Waals surface area contributed by atoms with Gasteiger partial charge >= 0.3 is 0 Å². The molecule has 3 aromatic rings. The molecule has 0 saturated carbocycles. The van der Waals surface area contributed by atoms with E-state index in [9.17, 15) is 23.6 Å². The summed E-state index contributed by atoms with van der Waals surface area (Å²) in [6.07, 6.45) is 1.94. The largest absolute Gasteiger partial charge is 0.443 e. The Morgan fingerprint density at radius 1 is 1.14 bits per heavy atom. The third-order valence-corrected chi connectivity index (χ3v) is 7.19. The van der Waals surface area contributed by atoms with E-state index in [0.717, 1.165) is 0 Å². The molecule has 15 heteroatoms. The topological polar surface area (TPSA) is 186 Å². The van der Waals surface area contributed by atoms with Gasteiger partial charge in [0.15, 0.2) is 5.69 Å². The number of fused-ring (bicyclic) bond motifs is 2. The molecule has 1 aliphatic rings. The second-order valence-corrected chi connectivity index (χ2v) is 11.1. The lowest BCUT2D eigenvalue weighted by Crippen LogP contribution is -2.48. The molecule has 2 aromatic heterocycles. The van der Waals surface area contributed by atoms with E-state index in [1.165, 1.54) is 16.9 Å². The van der Waals surface area contributed by atoms with Crippen LogP contribution in [0.25, 0.3) is 11.4 Å². The first-order valence-corrected chi connectivity index (χ1v) is 14.7. The molecule has 0 aliphatic carbocycles. The minimum absolute atomic E-state index is 0.0307. The summed E-state index contributed by atoms with van der Waals surface area (Å²) >= 11 is 0. The molecule has 14 nitrogen and oxygen atoms in total. The van der Waals surface area contributed by atoms with Crippen LogP contribution in [0.3, 0.4) is 0 Å². The number of rotatable bonds is 7. The van der Waals surface area contributed by atoms with Crippen LogP contribution in [0.15, 0.2) is 28.7 Å². The number of amides is 4. The normalized spacial score (nSPS) is 20.1. The van der Waals surface area contributed by atoms with Gasteiger partial charge in [0.05, 0.1) is 6.54 Å². The van der Waals surface area contributed by atoms with Gasteiger partial charge in [-0.3, -0.25) is 19.2 Å². The first kappa shape index (κ1) is 32.2. The summed E-state index contributed by atoms with van der Waals surface area (Å²) in [6, 6.07) is 3.44.